The minimum Gasteiger partial charge on any atom is -0.463 e. The van der Waals surface area contributed by atoms with E-state index in [0.717, 1.165) is 5.75 Å². The van der Waals surface area contributed by atoms with Crippen molar-refractivity contribution in [3.05, 3.63) is 180 Å². The van der Waals surface area contributed by atoms with Crippen LogP contribution in [0.3, 0.4) is 0 Å². The molecule has 0 aromatic heterocycles. The van der Waals surface area contributed by atoms with Crippen LogP contribution in [0.15, 0.2) is 175 Å². The van der Waals surface area contributed by atoms with Gasteiger partial charge in [0.2, 0.25) is 0 Å². The summed E-state index contributed by atoms with van der Waals surface area (Å²) in [7, 11) is -1.69. The molecule has 212 valence electrons. The molecule has 6 rings (SSSR count). The summed E-state index contributed by atoms with van der Waals surface area (Å²) in [6.45, 7) is 6.85. The number of allylic oxidation sites excluding steroid dienone is 5. The molecule has 0 N–H and O–H groups in total. The van der Waals surface area contributed by atoms with Crippen molar-refractivity contribution in [1.29, 1.82) is 0 Å². The molecule has 0 bridgehead atoms. The van der Waals surface area contributed by atoms with Crippen molar-refractivity contribution in [3.63, 3.8) is 0 Å². The summed E-state index contributed by atoms with van der Waals surface area (Å²) in [5, 5.41) is 7.61. The van der Waals surface area contributed by atoms with Gasteiger partial charge in [0.15, 0.2) is 0 Å². The minimum absolute atomic E-state index is 0.223. The Hall–Kier alpha value is -4.02. The van der Waals surface area contributed by atoms with E-state index in [0.29, 0.717) is 0 Å². The number of hydrogen-bond donors (Lipinski definition) is 0. The van der Waals surface area contributed by atoms with Crippen LogP contribution in [0.4, 0.5) is 0 Å². The molecule has 0 aliphatic carbocycles. The standard InChI is InChI=1S/C40H36OP2/c1-31-18-16-27-36(42(32-19-8-4-9-20-32)33-21-10-5-11-22-33)30-41-39-37(40(31,2)3)28-17-29-38(39)43(34-23-12-6-13-24-34)35-25-14-7-15-26-35/h4-30H,1-3H3/b27-16-,31-18+,36-30-. The van der Waals surface area contributed by atoms with Crippen LogP contribution in [0.1, 0.15) is 26.3 Å². The Morgan fingerprint density at radius 2 is 1.00 bits per heavy atom. The SMILES string of the molecule is C\C1=C/C=C\C(P(c2ccccc2)c2ccccc2)=C\Oc2c(P(c3ccccc3)c3ccccc3)cccc2C1(C)C. The molecule has 5 aromatic rings. The summed E-state index contributed by atoms with van der Waals surface area (Å²) in [5.41, 5.74) is 2.27. The maximum absolute atomic E-state index is 7.03. The Morgan fingerprint density at radius 1 is 0.535 bits per heavy atom. The molecule has 1 heterocycles. The fourth-order valence-electron chi connectivity index (χ4n) is 5.50. The Kier molecular flexibility index (Phi) is 8.85. The van der Waals surface area contributed by atoms with Crippen molar-refractivity contribution in [3.8, 4) is 5.75 Å². The summed E-state index contributed by atoms with van der Waals surface area (Å²) in [6.07, 6.45) is 8.74. The van der Waals surface area contributed by atoms with Crippen molar-refractivity contribution < 1.29 is 4.74 Å². The van der Waals surface area contributed by atoms with Crippen LogP contribution >= 0.6 is 15.8 Å². The Balaban J connectivity index is 1.58. The zero-order valence-corrected chi connectivity index (χ0v) is 26.7. The van der Waals surface area contributed by atoms with Gasteiger partial charge >= 0.3 is 0 Å². The number of ether oxygens (including phenoxy) is 1. The second-order valence-corrected chi connectivity index (χ2v) is 15.6. The Labute approximate surface area is 258 Å². The first-order valence-electron chi connectivity index (χ1n) is 14.7. The van der Waals surface area contributed by atoms with Crippen LogP contribution in [0, 0.1) is 0 Å². The number of para-hydroxylation sites is 1. The maximum atomic E-state index is 7.03. The van der Waals surface area contributed by atoms with Gasteiger partial charge < -0.3 is 4.74 Å². The Morgan fingerprint density at radius 3 is 1.49 bits per heavy atom. The molecule has 0 radical (unpaired) electrons. The highest BCUT2D eigenvalue weighted by atomic mass is 31.1. The summed E-state index contributed by atoms with van der Waals surface area (Å²) < 4.78 is 7.03. The molecule has 5 aromatic carbocycles. The third-order valence-corrected chi connectivity index (χ3v) is 13.0. The minimum atomic E-state index is -0.856. The molecule has 3 heteroatoms. The fourth-order valence-corrected chi connectivity index (χ4v) is 10.1. The van der Waals surface area contributed by atoms with Crippen LogP contribution in [0.25, 0.3) is 0 Å². The van der Waals surface area contributed by atoms with Gasteiger partial charge in [-0.15, -0.1) is 0 Å². The topological polar surface area (TPSA) is 9.23 Å². The lowest BCUT2D eigenvalue weighted by Gasteiger charge is -2.32. The summed E-state index contributed by atoms with van der Waals surface area (Å²) in [5.74, 6) is 0.961. The van der Waals surface area contributed by atoms with Crippen LogP contribution < -0.4 is 31.3 Å². The number of fused-ring (bicyclic) bond motifs is 1. The zero-order chi connectivity index (χ0) is 29.6. The van der Waals surface area contributed by atoms with E-state index in [2.05, 4.69) is 179 Å². The van der Waals surface area contributed by atoms with Gasteiger partial charge in [0.1, 0.15) is 5.75 Å². The maximum Gasteiger partial charge on any atom is 0.138 e. The average Bonchev–Trinajstić information content (AvgIpc) is 3.05. The summed E-state index contributed by atoms with van der Waals surface area (Å²) >= 11 is 0. The highest BCUT2D eigenvalue weighted by Gasteiger charge is 2.31. The van der Waals surface area contributed by atoms with Gasteiger partial charge in [0.25, 0.3) is 0 Å². The molecule has 1 nitrogen and oxygen atoms in total. The van der Waals surface area contributed by atoms with Crippen LogP contribution in [-0.2, 0) is 5.41 Å². The van der Waals surface area contributed by atoms with Crippen molar-refractivity contribution in [2.45, 2.75) is 26.2 Å². The van der Waals surface area contributed by atoms with E-state index in [-0.39, 0.29) is 5.41 Å². The van der Waals surface area contributed by atoms with Gasteiger partial charge in [0.05, 0.1) is 6.26 Å². The van der Waals surface area contributed by atoms with Gasteiger partial charge in [-0.1, -0.05) is 177 Å². The van der Waals surface area contributed by atoms with Crippen molar-refractivity contribution >= 4 is 42.4 Å². The normalized spacial score (nSPS) is 17.6. The average molecular weight is 595 g/mol. The third-order valence-electron chi connectivity index (χ3n) is 8.12. The quantitative estimate of drug-likeness (QED) is 0.179. The molecule has 0 unspecified atom stereocenters. The summed E-state index contributed by atoms with van der Waals surface area (Å²) in [6, 6.07) is 50.1. The fraction of sp³-hybridized carbons (Fsp3) is 0.100. The van der Waals surface area contributed by atoms with Crippen molar-refractivity contribution in [1.82, 2.24) is 0 Å². The van der Waals surface area contributed by atoms with E-state index in [1.807, 2.05) is 6.26 Å². The first-order chi connectivity index (χ1) is 21.0. The highest BCUT2D eigenvalue weighted by Crippen LogP contribution is 2.47. The van der Waals surface area contributed by atoms with Crippen LogP contribution in [0.2, 0.25) is 0 Å². The largest absolute Gasteiger partial charge is 0.463 e. The third kappa shape index (κ3) is 6.21. The number of rotatable bonds is 6. The predicted molar refractivity (Wildman–Crippen MR) is 189 cm³/mol. The molecule has 43 heavy (non-hydrogen) atoms. The first kappa shape index (κ1) is 29.1. The lowest BCUT2D eigenvalue weighted by Crippen LogP contribution is -2.26. The molecule has 0 atom stereocenters. The second kappa shape index (κ2) is 13.1. The van der Waals surface area contributed by atoms with Gasteiger partial charge in [-0.2, -0.15) is 0 Å². The van der Waals surface area contributed by atoms with Crippen LogP contribution in [0.5, 0.6) is 5.75 Å². The van der Waals surface area contributed by atoms with Gasteiger partial charge in [-0.25, -0.2) is 0 Å². The van der Waals surface area contributed by atoms with Gasteiger partial charge in [-0.3, -0.25) is 0 Å². The van der Waals surface area contributed by atoms with E-state index < -0.39 is 15.8 Å². The molecule has 1 aliphatic heterocycles. The van der Waals surface area contributed by atoms with Crippen molar-refractivity contribution in [2.24, 2.45) is 0 Å². The van der Waals surface area contributed by atoms with E-state index in [1.54, 1.807) is 0 Å². The first-order valence-corrected chi connectivity index (χ1v) is 17.4. The number of benzene rings is 5. The molecule has 0 fully saturated rings. The molecule has 0 amide bonds. The van der Waals surface area contributed by atoms with Gasteiger partial charge in [-0.05, 0) is 44.0 Å². The summed E-state index contributed by atoms with van der Waals surface area (Å²) in [4.78, 5) is 0. The smallest absolute Gasteiger partial charge is 0.138 e. The number of hydrogen-bond acceptors (Lipinski definition) is 1. The monoisotopic (exact) mass is 594 g/mol. The molecule has 0 saturated heterocycles. The molecule has 0 spiro atoms. The van der Waals surface area contributed by atoms with Gasteiger partial charge in [0, 0.05) is 21.6 Å². The molecule has 0 saturated carbocycles. The van der Waals surface area contributed by atoms with E-state index in [9.17, 15) is 0 Å². The highest BCUT2D eigenvalue weighted by molar-refractivity contribution is 7.80. The molecular formula is C40H36OP2. The molecular weight excluding hydrogens is 558 g/mol. The van der Waals surface area contributed by atoms with E-state index in [1.165, 1.54) is 43.0 Å². The van der Waals surface area contributed by atoms with E-state index in [4.69, 9.17) is 4.74 Å². The van der Waals surface area contributed by atoms with Crippen LogP contribution in [-0.4, -0.2) is 0 Å². The Bertz CT molecular complexity index is 1680. The second-order valence-electron chi connectivity index (χ2n) is 11.2. The van der Waals surface area contributed by atoms with Crippen molar-refractivity contribution in [2.75, 3.05) is 0 Å². The lowest BCUT2D eigenvalue weighted by molar-refractivity contribution is 0.461. The zero-order valence-electron chi connectivity index (χ0n) is 24.9. The predicted octanol–water partition coefficient (Wildman–Crippen LogP) is 8.59. The lowest BCUT2D eigenvalue weighted by atomic mass is 9.77. The van der Waals surface area contributed by atoms with E-state index >= 15 is 0 Å². The molecule has 1 aliphatic rings.